The molecule has 0 unspecified atom stereocenters. The van der Waals surface area contributed by atoms with Crippen molar-refractivity contribution in [1.82, 2.24) is 9.47 Å². The smallest absolute Gasteiger partial charge is 0.0395 e. The largest absolute Gasteiger partial charge is 0.348 e. The highest BCUT2D eigenvalue weighted by molar-refractivity contribution is 5.36. The second-order valence-corrected chi connectivity index (χ2v) is 7.65. The van der Waals surface area contributed by atoms with Gasteiger partial charge in [-0.3, -0.25) is 4.90 Å². The van der Waals surface area contributed by atoms with E-state index in [9.17, 15) is 0 Å². The van der Waals surface area contributed by atoms with E-state index in [-0.39, 0.29) is 11.0 Å². The number of aromatic nitrogens is 1. The highest BCUT2D eigenvalue weighted by Crippen LogP contribution is 2.32. The molecule has 2 heteroatoms. The molecule has 0 aliphatic carbocycles. The Morgan fingerprint density at radius 2 is 1.61 bits per heavy atom. The van der Waals surface area contributed by atoms with Gasteiger partial charge in [-0.1, -0.05) is 20.8 Å². The van der Waals surface area contributed by atoms with Gasteiger partial charge in [0.05, 0.1) is 0 Å². The standard InChI is InChI=1S/C16H28N2/c1-12-13(15(2,3)4)10-17-8-9-18(11-14(12)17)16(5,6)7/h10H,8-9,11H2,1-7H3. The number of fused-ring (bicyclic) bond motifs is 1. The maximum atomic E-state index is 2.59. The quantitative estimate of drug-likeness (QED) is 0.679. The van der Waals surface area contributed by atoms with Crippen LogP contribution in [0.2, 0.25) is 0 Å². The summed E-state index contributed by atoms with van der Waals surface area (Å²) in [7, 11) is 0. The summed E-state index contributed by atoms with van der Waals surface area (Å²) in [6, 6.07) is 0. The van der Waals surface area contributed by atoms with Crippen LogP contribution in [0.25, 0.3) is 0 Å². The molecule has 0 aromatic carbocycles. The van der Waals surface area contributed by atoms with Crippen molar-refractivity contribution in [2.24, 2.45) is 0 Å². The lowest BCUT2D eigenvalue weighted by Crippen LogP contribution is -2.45. The van der Waals surface area contributed by atoms with Crippen molar-refractivity contribution < 1.29 is 0 Å². The van der Waals surface area contributed by atoms with Crippen LogP contribution in [0.15, 0.2) is 6.20 Å². The van der Waals surface area contributed by atoms with Gasteiger partial charge in [0.2, 0.25) is 0 Å². The summed E-state index contributed by atoms with van der Waals surface area (Å²) < 4.78 is 2.47. The summed E-state index contributed by atoms with van der Waals surface area (Å²) in [5.74, 6) is 0. The Balaban J connectivity index is 2.37. The summed E-state index contributed by atoms with van der Waals surface area (Å²) >= 11 is 0. The Kier molecular flexibility index (Phi) is 3.13. The molecule has 1 aromatic rings. The van der Waals surface area contributed by atoms with Crippen LogP contribution in [0.5, 0.6) is 0 Å². The Labute approximate surface area is 112 Å². The fraction of sp³-hybridized carbons (Fsp3) is 0.750. The molecule has 1 aromatic heterocycles. The van der Waals surface area contributed by atoms with E-state index >= 15 is 0 Å². The third kappa shape index (κ3) is 2.35. The second-order valence-electron chi connectivity index (χ2n) is 7.65. The molecule has 0 saturated carbocycles. The Bertz CT molecular complexity index is 441. The van der Waals surface area contributed by atoms with Gasteiger partial charge in [0.1, 0.15) is 0 Å². The molecule has 102 valence electrons. The molecule has 0 radical (unpaired) electrons. The summed E-state index contributed by atoms with van der Waals surface area (Å²) in [6.07, 6.45) is 2.38. The predicted molar refractivity (Wildman–Crippen MR) is 78.0 cm³/mol. The summed E-state index contributed by atoms with van der Waals surface area (Å²) in [6.45, 7) is 19.5. The van der Waals surface area contributed by atoms with Crippen molar-refractivity contribution in [3.8, 4) is 0 Å². The van der Waals surface area contributed by atoms with Crippen molar-refractivity contribution in [3.05, 3.63) is 23.0 Å². The second kappa shape index (κ2) is 4.12. The lowest BCUT2D eigenvalue weighted by atomic mass is 9.86. The Morgan fingerprint density at radius 1 is 1.00 bits per heavy atom. The number of nitrogens with zero attached hydrogens (tertiary/aromatic N) is 2. The highest BCUT2D eigenvalue weighted by atomic mass is 15.2. The predicted octanol–water partition coefficient (Wildman–Crippen LogP) is 3.71. The van der Waals surface area contributed by atoms with Crippen LogP contribution in [-0.4, -0.2) is 21.6 Å². The number of rotatable bonds is 0. The van der Waals surface area contributed by atoms with E-state index in [1.807, 2.05) is 0 Å². The lowest BCUT2D eigenvalue weighted by molar-refractivity contribution is 0.102. The Hall–Kier alpha value is -0.760. The minimum atomic E-state index is 0.251. The first kappa shape index (κ1) is 13.7. The van der Waals surface area contributed by atoms with Crippen molar-refractivity contribution >= 4 is 0 Å². The molecule has 0 bridgehead atoms. The average molecular weight is 248 g/mol. The molecular weight excluding hydrogens is 220 g/mol. The molecule has 0 amide bonds. The van der Waals surface area contributed by atoms with Gasteiger partial charge < -0.3 is 4.57 Å². The molecule has 0 fully saturated rings. The maximum Gasteiger partial charge on any atom is 0.0395 e. The fourth-order valence-corrected chi connectivity index (χ4v) is 2.93. The molecular formula is C16H28N2. The number of hydrogen-bond acceptors (Lipinski definition) is 1. The summed E-state index contributed by atoms with van der Waals surface area (Å²) in [4.78, 5) is 2.59. The van der Waals surface area contributed by atoms with E-state index in [4.69, 9.17) is 0 Å². The molecule has 2 rings (SSSR count). The van der Waals surface area contributed by atoms with Gasteiger partial charge in [0, 0.05) is 37.1 Å². The van der Waals surface area contributed by atoms with Crippen LogP contribution in [0.1, 0.15) is 58.4 Å². The van der Waals surface area contributed by atoms with Crippen LogP contribution in [0, 0.1) is 6.92 Å². The molecule has 0 atom stereocenters. The first-order valence-corrected chi connectivity index (χ1v) is 7.05. The first-order valence-electron chi connectivity index (χ1n) is 7.05. The third-order valence-corrected chi connectivity index (χ3v) is 4.18. The summed E-state index contributed by atoms with van der Waals surface area (Å²) in [5.41, 5.74) is 5.04. The van der Waals surface area contributed by atoms with Crippen LogP contribution in [-0.2, 0) is 18.5 Å². The minimum absolute atomic E-state index is 0.251. The van der Waals surface area contributed by atoms with Crippen LogP contribution >= 0.6 is 0 Å². The molecule has 2 nitrogen and oxygen atoms in total. The van der Waals surface area contributed by atoms with E-state index in [0.29, 0.717) is 0 Å². The van der Waals surface area contributed by atoms with E-state index in [1.54, 1.807) is 0 Å². The molecule has 1 aliphatic rings. The number of hydrogen-bond donors (Lipinski definition) is 0. The van der Waals surface area contributed by atoms with Crippen molar-refractivity contribution in [2.45, 2.75) is 72.5 Å². The monoisotopic (exact) mass is 248 g/mol. The van der Waals surface area contributed by atoms with E-state index in [1.165, 1.54) is 16.8 Å². The fourth-order valence-electron chi connectivity index (χ4n) is 2.93. The lowest BCUT2D eigenvalue weighted by Gasteiger charge is -2.39. The Morgan fingerprint density at radius 3 is 2.11 bits per heavy atom. The third-order valence-electron chi connectivity index (χ3n) is 4.18. The first-order chi connectivity index (χ1) is 8.10. The molecule has 1 aliphatic heterocycles. The van der Waals surface area contributed by atoms with Gasteiger partial charge in [0.25, 0.3) is 0 Å². The molecule has 18 heavy (non-hydrogen) atoms. The zero-order valence-electron chi connectivity index (χ0n) is 13.1. The SMILES string of the molecule is Cc1c(C(C)(C)C)cn2c1CN(C(C)(C)C)CC2. The average Bonchev–Trinajstić information content (AvgIpc) is 2.54. The molecule has 2 heterocycles. The van der Waals surface area contributed by atoms with Gasteiger partial charge in [-0.25, -0.2) is 0 Å². The topological polar surface area (TPSA) is 8.17 Å². The minimum Gasteiger partial charge on any atom is -0.348 e. The van der Waals surface area contributed by atoms with Crippen LogP contribution < -0.4 is 0 Å². The van der Waals surface area contributed by atoms with Crippen molar-refractivity contribution in [3.63, 3.8) is 0 Å². The van der Waals surface area contributed by atoms with Gasteiger partial charge >= 0.3 is 0 Å². The molecule has 0 N–H and O–H groups in total. The highest BCUT2D eigenvalue weighted by Gasteiger charge is 2.29. The maximum absolute atomic E-state index is 2.59. The van der Waals surface area contributed by atoms with Crippen molar-refractivity contribution in [1.29, 1.82) is 0 Å². The van der Waals surface area contributed by atoms with Gasteiger partial charge in [0.15, 0.2) is 0 Å². The van der Waals surface area contributed by atoms with Crippen LogP contribution in [0.3, 0.4) is 0 Å². The molecule has 0 saturated heterocycles. The van der Waals surface area contributed by atoms with Crippen LogP contribution in [0.4, 0.5) is 0 Å². The van der Waals surface area contributed by atoms with E-state index < -0.39 is 0 Å². The normalized spacial score (nSPS) is 17.9. The van der Waals surface area contributed by atoms with Crippen molar-refractivity contribution in [2.75, 3.05) is 6.54 Å². The van der Waals surface area contributed by atoms with Gasteiger partial charge in [-0.15, -0.1) is 0 Å². The van der Waals surface area contributed by atoms with Gasteiger partial charge in [-0.05, 0) is 44.2 Å². The zero-order valence-corrected chi connectivity index (χ0v) is 13.1. The van der Waals surface area contributed by atoms with Gasteiger partial charge in [-0.2, -0.15) is 0 Å². The molecule has 0 spiro atoms. The van der Waals surface area contributed by atoms with E-state index in [0.717, 1.165) is 19.6 Å². The summed E-state index contributed by atoms with van der Waals surface area (Å²) in [5, 5.41) is 0. The van der Waals surface area contributed by atoms with E-state index in [2.05, 4.69) is 64.1 Å². The zero-order chi connectivity index (χ0) is 13.7.